The number of benzene rings is 3. The maximum absolute atomic E-state index is 13.0. The number of carboxylic acids is 1. The smallest absolute Gasteiger partial charge is 0.475 e. The minimum absolute atomic E-state index is 0.000625. The van der Waals surface area contributed by atoms with Crippen molar-refractivity contribution in [2.45, 2.75) is 113 Å². The van der Waals surface area contributed by atoms with E-state index in [2.05, 4.69) is 180 Å². The van der Waals surface area contributed by atoms with Gasteiger partial charge in [-0.1, -0.05) is 76.5 Å². The molecule has 0 spiro atoms. The van der Waals surface area contributed by atoms with Crippen molar-refractivity contribution in [3.8, 4) is 33.4 Å². The number of likely N-dealkylation sites (N-methyl/N-ethyl adjacent to an activating group) is 1. The SMILES string of the molecule is CC[C@@H]1CCN(C(=O)Nc2ccc(C)c(-c3cc(C4=CCN(C(=O)OC(C)(C)C)C4)nc(N4CCOCC4)c3)c2)C1.CC[C@@H]1CCN(C(=O)Nc2ccc(C)c(-c3cc(C4=CCN(C)C4)nc(N4CCOCC4)c3)c2)C1.CC[C@@H]1CCN(C(=O)Nc2ccc(C)c(-c3cc(C4=CCNC4)nc(N4CCOCC4)c3)c2)C1.O=C(O)C(F)(F)F. The molecule has 3 aromatic heterocycles. The van der Waals surface area contributed by atoms with Crippen LogP contribution in [-0.2, 0) is 23.7 Å². The molecule has 0 saturated carbocycles. The van der Waals surface area contributed by atoms with E-state index in [1.165, 1.54) is 22.3 Å². The number of halogens is 3. The topological polar surface area (TPSA) is 255 Å². The summed E-state index contributed by atoms with van der Waals surface area (Å²) in [7, 11) is 2.13. The number of anilines is 6. The first-order valence-electron chi connectivity index (χ1n) is 41.4. The molecule has 3 aromatic carbocycles. The van der Waals surface area contributed by atoms with Crippen LogP contribution in [0.2, 0.25) is 0 Å². The van der Waals surface area contributed by atoms with Gasteiger partial charge >= 0.3 is 36.3 Å². The molecule has 28 heteroatoms. The van der Waals surface area contributed by atoms with Crippen LogP contribution in [0.4, 0.5) is 66.9 Å². The number of morpholine rings is 3. The number of nitrogens with zero attached hydrogens (tertiary/aromatic N) is 11. The van der Waals surface area contributed by atoms with Crippen LogP contribution in [-0.4, -0.2) is 251 Å². The summed E-state index contributed by atoms with van der Waals surface area (Å²) in [6, 6.07) is 31.4. The van der Waals surface area contributed by atoms with Gasteiger partial charge in [0.2, 0.25) is 0 Å². The van der Waals surface area contributed by atoms with Gasteiger partial charge in [0.15, 0.2) is 0 Å². The van der Waals surface area contributed by atoms with Gasteiger partial charge in [-0.05, 0) is 225 Å². The third kappa shape index (κ3) is 23.2. The fraction of sp³-hybridized carbons (Fsp3) is 0.506. The van der Waals surface area contributed by atoms with Gasteiger partial charge in [0.05, 0.1) is 63.3 Å². The monoisotopic (exact) mass is 1610 g/mol. The van der Waals surface area contributed by atoms with Crippen LogP contribution in [0.1, 0.15) is 114 Å². The molecule has 6 aromatic rings. The van der Waals surface area contributed by atoms with Gasteiger partial charge in [-0.2, -0.15) is 13.2 Å². The first-order chi connectivity index (χ1) is 56.1. The summed E-state index contributed by atoms with van der Waals surface area (Å²) in [6.07, 6.45) is 7.75. The highest BCUT2D eigenvalue weighted by atomic mass is 19.4. The van der Waals surface area contributed by atoms with Gasteiger partial charge in [0.1, 0.15) is 23.1 Å². The Labute approximate surface area is 686 Å². The molecular weight excluding hydrogens is 1500 g/mol. The van der Waals surface area contributed by atoms with Crippen molar-refractivity contribution in [3.05, 3.63) is 143 Å². The first-order valence-corrected chi connectivity index (χ1v) is 41.4. The van der Waals surface area contributed by atoms with Crippen molar-refractivity contribution in [1.29, 1.82) is 0 Å². The minimum Gasteiger partial charge on any atom is -0.475 e. The Kier molecular flexibility index (Phi) is 29.0. The number of ether oxygens (including phenoxy) is 4. The molecule has 7 amide bonds. The third-order valence-electron chi connectivity index (χ3n) is 23.0. The standard InChI is InChI=1S/C32H43N5O4.C28H37N5O2.C27H35N5O2.C2HF3O2/c1-6-23-9-11-36(20-23)30(38)33-26-8-7-22(2)27(19-26)25-17-28(34-29(18-25)35-13-15-40-16-14-35)24-10-12-37(21-24)31(39)41-32(3,4)5;1-4-21-7-10-33(18-21)28(34)29-24-6-5-20(2)25(17-24)23-15-26(22-8-9-31(3)19-22)30-27(16-23)32-11-13-35-14-12-32;1-3-20-7-9-32(18-20)27(33)29-23-5-4-19(2)24(16-23)22-14-25(21-6-8-28-17-21)30-26(15-22)31-10-12-34-13-11-31;3-2(4,5)1(6)7/h7-8,10,17-19,23H,6,9,11-16,20-21H2,1-5H3,(H,33,38);5-6,8,15-17,21H,4,7,9-14,18-19H2,1-3H3,(H,29,34);4-6,14-16,20,28H,3,7-13,17-18H2,1-2H3,(H,29,33);(H,6,7)/t23-;21-;20-;/m111./s1. The van der Waals surface area contributed by atoms with E-state index in [9.17, 15) is 32.3 Å². The number of urea groups is 3. The predicted molar refractivity (Wildman–Crippen MR) is 455 cm³/mol. The molecule has 9 aliphatic rings. The van der Waals surface area contributed by atoms with Crippen LogP contribution < -0.4 is 36.0 Å². The van der Waals surface area contributed by atoms with E-state index in [1.807, 2.05) is 53.7 Å². The van der Waals surface area contributed by atoms with Gasteiger partial charge in [-0.15, -0.1) is 0 Å². The van der Waals surface area contributed by atoms with Crippen molar-refractivity contribution in [1.82, 2.24) is 44.8 Å². The summed E-state index contributed by atoms with van der Waals surface area (Å²) in [6.45, 7) is 37.2. The fourth-order valence-electron chi connectivity index (χ4n) is 15.8. The summed E-state index contributed by atoms with van der Waals surface area (Å²) >= 11 is 0. The molecule has 12 heterocycles. The highest BCUT2D eigenvalue weighted by Gasteiger charge is 2.39. The van der Waals surface area contributed by atoms with E-state index >= 15 is 0 Å². The number of amides is 7. The zero-order chi connectivity index (χ0) is 83.1. The summed E-state index contributed by atoms with van der Waals surface area (Å²) in [4.78, 5) is 92.2. The molecule has 5 N–H and O–H groups in total. The van der Waals surface area contributed by atoms with Crippen molar-refractivity contribution in [2.75, 3.05) is 195 Å². The van der Waals surface area contributed by atoms with Crippen molar-refractivity contribution >= 4 is 81.4 Å². The average Bonchev–Trinajstić information content (AvgIpc) is 1.78. The highest BCUT2D eigenvalue weighted by molar-refractivity contribution is 5.93. The first kappa shape index (κ1) is 86.2. The molecule has 0 unspecified atom stereocenters. The van der Waals surface area contributed by atoms with Crippen molar-refractivity contribution in [2.24, 2.45) is 17.8 Å². The van der Waals surface area contributed by atoms with Crippen LogP contribution in [0, 0.1) is 38.5 Å². The lowest BCUT2D eigenvalue weighted by molar-refractivity contribution is -0.192. The van der Waals surface area contributed by atoms with Crippen molar-refractivity contribution < 1.29 is 61.2 Å². The van der Waals surface area contributed by atoms with Gasteiger partial charge < -0.3 is 79.6 Å². The largest absolute Gasteiger partial charge is 0.490 e. The Bertz CT molecular complexity index is 4610. The maximum atomic E-state index is 13.0. The fourth-order valence-corrected chi connectivity index (χ4v) is 15.8. The summed E-state index contributed by atoms with van der Waals surface area (Å²) in [5.41, 5.74) is 18.3. The molecule has 15 rings (SSSR count). The van der Waals surface area contributed by atoms with E-state index < -0.39 is 17.7 Å². The van der Waals surface area contributed by atoms with Gasteiger partial charge in [0.25, 0.3) is 0 Å². The van der Waals surface area contributed by atoms with E-state index in [0.29, 0.717) is 44.1 Å². The second-order valence-electron chi connectivity index (χ2n) is 32.7. The average molecular weight is 1610 g/mol. The lowest BCUT2D eigenvalue weighted by Gasteiger charge is -2.29. The number of pyridine rings is 3. The number of carbonyl (C=O) groups is 5. The number of alkyl halides is 3. The minimum atomic E-state index is -5.08. The van der Waals surface area contributed by atoms with Crippen LogP contribution >= 0.6 is 0 Å². The molecule has 25 nitrogen and oxygen atoms in total. The normalized spacial score (nSPS) is 19.7. The van der Waals surface area contributed by atoms with Gasteiger partial charge in [0, 0.05) is 128 Å². The van der Waals surface area contributed by atoms with E-state index in [4.69, 9.17) is 43.8 Å². The number of aliphatic carboxylic acids is 1. The molecule has 117 heavy (non-hydrogen) atoms. The molecule has 628 valence electrons. The molecule has 0 bridgehead atoms. The predicted octanol–water partition coefficient (Wildman–Crippen LogP) is 15.1. The number of hydrogen-bond donors (Lipinski definition) is 5. The number of nitrogens with one attached hydrogen (secondary N) is 4. The number of carboxylic acid groups (broad SMARTS) is 1. The van der Waals surface area contributed by atoms with E-state index in [-0.39, 0.29) is 24.2 Å². The number of aryl methyl sites for hydroxylation is 3. The van der Waals surface area contributed by atoms with Crippen LogP contribution in [0.5, 0.6) is 0 Å². The van der Waals surface area contributed by atoms with Crippen LogP contribution in [0.15, 0.2) is 109 Å². The molecule has 6 saturated heterocycles. The second-order valence-corrected chi connectivity index (χ2v) is 32.7. The Morgan fingerprint density at radius 1 is 0.487 bits per heavy atom. The summed E-state index contributed by atoms with van der Waals surface area (Å²) < 4.78 is 54.1. The zero-order valence-corrected chi connectivity index (χ0v) is 69.5. The summed E-state index contributed by atoms with van der Waals surface area (Å²) in [5, 5.41) is 19.9. The number of rotatable bonds is 15. The lowest BCUT2D eigenvalue weighted by Crippen LogP contribution is -2.37. The quantitative estimate of drug-likeness (QED) is 0.0640. The van der Waals surface area contributed by atoms with Crippen LogP contribution in [0.25, 0.3) is 50.1 Å². The number of hydrogen-bond acceptors (Lipinski definition) is 17. The Balaban J connectivity index is 0.000000156. The molecule has 0 aliphatic carbocycles. The second kappa shape index (κ2) is 39.4. The van der Waals surface area contributed by atoms with E-state index in [0.717, 1.165) is 266 Å². The van der Waals surface area contributed by atoms with E-state index in [1.54, 1.807) is 4.90 Å². The molecule has 9 aliphatic heterocycles. The highest BCUT2D eigenvalue weighted by Crippen LogP contribution is 2.38. The Morgan fingerprint density at radius 3 is 1.15 bits per heavy atom. The molecule has 3 atom stereocenters. The molecular formula is C89H116F3N15O10. The summed E-state index contributed by atoms with van der Waals surface area (Å²) in [5.74, 6) is 1.92. The Hall–Kier alpha value is -10.1. The number of carbonyl (C=O) groups excluding carboxylic acids is 4. The lowest BCUT2D eigenvalue weighted by atomic mass is 9.98. The maximum Gasteiger partial charge on any atom is 0.490 e. The number of aromatic nitrogens is 3. The van der Waals surface area contributed by atoms with Crippen molar-refractivity contribution in [3.63, 3.8) is 0 Å². The number of likely N-dealkylation sites (tertiary alicyclic amines) is 3. The molecule has 0 radical (unpaired) electrons. The van der Waals surface area contributed by atoms with Crippen LogP contribution in [0.3, 0.4) is 0 Å². The van der Waals surface area contributed by atoms with Gasteiger partial charge in [-0.3, -0.25) is 4.90 Å². The Morgan fingerprint density at radius 2 is 0.838 bits per heavy atom. The van der Waals surface area contributed by atoms with Gasteiger partial charge in [-0.25, -0.2) is 38.9 Å². The molecule has 6 fully saturated rings. The zero-order valence-electron chi connectivity index (χ0n) is 69.5. The third-order valence-corrected chi connectivity index (χ3v) is 23.0.